The van der Waals surface area contributed by atoms with E-state index in [0.29, 0.717) is 25.9 Å². The summed E-state index contributed by atoms with van der Waals surface area (Å²) >= 11 is 6.63. The molecule has 1 aromatic rings. The van der Waals surface area contributed by atoms with Gasteiger partial charge in [-0.3, -0.25) is 4.79 Å². The number of hydrogen-bond donors (Lipinski definition) is 1. The van der Waals surface area contributed by atoms with E-state index in [9.17, 15) is 13.2 Å². The molecule has 1 amide bonds. The van der Waals surface area contributed by atoms with Crippen LogP contribution >= 0.6 is 22.9 Å². The molecule has 0 unspecified atom stereocenters. The molecular weight excluding hydrogens is 338 g/mol. The van der Waals surface area contributed by atoms with Crippen LogP contribution in [0.25, 0.3) is 0 Å². The summed E-state index contributed by atoms with van der Waals surface area (Å²) in [7, 11) is -2.08. The van der Waals surface area contributed by atoms with E-state index in [2.05, 4.69) is 10.3 Å². The highest BCUT2D eigenvalue weighted by atomic mass is 35.5. The second-order valence-electron chi connectivity index (χ2n) is 4.61. The first-order valence-electron chi connectivity index (χ1n) is 6.33. The molecule has 118 valence electrons. The monoisotopic (exact) mass is 353 g/mol. The Morgan fingerprint density at radius 3 is 2.76 bits per heavy atom. The van der Waals surface area contributed by atoms with E-state index in [0.717, 1.165) is 11.3 Å². The summed E-state index contributed by atoms with van der Waals surface area (Å²) in [5, 5.41) is 2.82. The van der Waals surface area contributed by atoms with Crippen LogP contribution < -0.4 is 5.32 Å². The third kappa shape index (κ3) is 4.13. The van der Waals surface area contributed by atoms with E-state index in [1.807, 2.05) is 0 Å². The van der Waals surface area contributed by atoms with Crippen molar-refractivity contribution in [3.05, 3.63) is 10.7 Å². The zero-order valence-corrected chi connectivity index (χ0v) is 13.8. The molecule has 21 heavy (non-hydrogen) atoms. The number of sulfonamides is 1. The molecule has 7 nitrogen and oxygen atoms in total. The molecule has 1 aromatic heterocycles. The minimum Gasteiger partial charge on any atom is -0.375 e. The van der Waals surface area contributed by atoms with E-state index in [1.165, 1.54) is 17.6 Å². The normalized spacial score (nSPS) is 17.8. The highest BCUT2D eigenvalue weighted by Gasteiger charge is 2.31. The van der Waals surface area contributed by atoms with E-state index in [-0.39, 0.29) is 27.2 Å². The van der Waals surface area contributed by atoms with Crippen molar-refractivity contribution in [1.82, 2.24) is 14.6 Å². The van der Waals surface area contributed by atoms with Gasteiger partial charge >= 0.3 is 0 Å². The van der Waals surface area contributed by atoms with Crippen molar-refractivity contribution in [2.45, 2.75) is 23.1 Å². The van der Waals surface area contributed by atoms with Gasteiger partial charge in [0.2, 0.25) is 5.91 Å². The Kier molecular flexibility index (Phi) is 5.55. The summed E-state index contributed by atoms with van der Waals surface area (Å²) < 4.78 is 31.2. The molecule has 2 rings (SSSR count). The molecule has 0 aromatic carbocycles. The number of thiazole rings is 1. The van der Waals surface area contributed by atoms with Gasteiger partial charge in [-0.05, 0) is 12.8 Å². The summed E-state index contributed by atoms with van der Waals surface area (Å²) in [4.78, 5) is 15.2. The standard InChI is InChI=1S/C11H16ClN3O4S2/c1-19-7-9(16)14-8-2-4-15(5-3-8)21(17,18)10-6-13-11(12)20-10/h6,8H,2-5,7H2,1H3,(H,14,16). The van der Waals surface area contributed by atoms with Crippen molar-refractivity contribution < 1.29 is 17.9 Å². The first kappa shape index (κ1) is 16.6. The number of amides is 1. The highest BCUT2D eigenvalue weighted by molar-refractivity contribution is 7.91. The number of hydrogen-bond acceptors (Lipinski definition) is 6. The summed E-state index contributed by atoms with van der Waals surface area (Å²) in [6, 6.07) is -0.0239. The van der Waals surface area contributed by atoms with Gasteiger partial charge in [-0.1, -0.05) is 22.9 Å². The van der Waals surface area contributed by atoms with Crippen molar-refractivity contribution in [3.8, 4) is 0 Å². The van der Waals surface area contributed by atoms with E-state index < -0.39 is 10.0 Å². The SMILES string of the molecule is COCC(=O)NC1CCN(S(=O)(=O)c2cnc(Cl)s2)CC1. The van der Waals surface area contributed by atoms with Crippen molar-refractivity contribution in [2.24, 2.45) is 0 Å². The predicted molar refractivity (Wildman–Crippen MR) is 78.9 cm³/mol. The molecule has 1 aliphatic heterocycles. The third-order valence-electron chi connectivity index (χ3n) is 3.14. The smallest absolute Gasteiger partial charge is 0.254 e. The molecule has 0 saturated carbocycles. The molecule has 1 N–H and O–H groups in total. The van der Waals surface area contributed by atoms with Gasteiger partial charge in [-0.2, -0.15) is 4.31 Å². The Hall–Kier alpha value is -0.740. The summed E-state index contributed by atoms with van der Waals surface area (Å²) in [5.41, 5.74) is 0. The molecule has 0 aliphatic carbocycles. The molecule has 10 heteroatoms. The number of methoxy groups -OCH3 is 1. The Morgan fingerprint density at radius 1 is 1.57 bits per heavy atom. The predicted octanol–water partition coefficient (Wildman–Crippen LogP) is 0.712. The lowest BCUT2D eigenvalue weighted by molar-refractivity contribution is -0.125. The molecule has 1 saturated heterocycles. The first-order chi connectivity index (χ1) is 9.93. The van der Waals surface area contributed by atoms with Crippen LogP contribution in [0, 0.1) is 0 Å². The Balaban J connectivity index is 1.93. The number of nitrogens with zero attached hydrogens (tertiary/aromatic N) is 2. The van der Waals surface area contributed by atoms with Gasteiger partial charge in [0.25, 0.3) is 10.0 Å². The van der Waals surface area contributed by atoms with Gasteiger partial charge in [0.15, 0.2) is 8.68 Å². The number of halogens is 1. The van der Waals surface area contributed by atoms with Gasteiger partial charge in [0.05, 0.1) is 6.20 Å². The van der Waals surface area contributed by atoms with Crippen LogP contribution in [-0.4, -0.2) is 56.5 Å². The molecule has 0 bridgehead atoms. The van der Waals surface area contributed by atoms with Crippen LogP contribution in [0.15, 0.2) is 10.4 Å². The van der Waals surface area contributed by atoms with Gasteiger partial charge in [0, 0.05) is 26.2 Å². The number of carbonyl (C=O) groups is 1. The molecular formula is C11H16ClN3O4S2. The highest BCUT2D eigenvalue weighted by Crippen LogP contribution is 2.27. The van der Waals surface area contributed by atoms with Crippen LogP contribution in [0.1, 0.15) is 12.8 Å². The maximum absolute atomic E-state index is 12.4. The molecule has 0 spiro atoms. The fraction of sp³-hybridized carbons (Fsp3) is 0.636. The number of nitrogens with one attached hydrogen (secondary N) is 1. The fourth-order valence-electron chi connectivity index (χ4n) is 2.13. The van der Waals surface area contributed by atoms with Gasteiger partial charge in [-0.25, -0.2) is 13.4 Å². The van der Waals surface area contributed by atoms with Crippen LogP contribution in [0.5, 0.6) is 0 Å². The minimum atomic E-state index is -3.54. The van der Waals surface area contributed by atoms with E-state index in [1.54, 1.807) is 0 Å². The Morgan fingerprint density at radius 2 is 2.24 bits per heavy atom. The van der Waals surface area contributed by atoms with Crippen LogP contribution in [0.2, 0.25) is 4.47 Å². The average Bonchev–Trinajstić information content (AvgIpc) is 2.87. The van der Waals surface area contributed by atoms with Gasteiger partial charge < -0.3 is 10.1 Å². The minimum absolute atomic E-state index is 0.0118. The van der Waals surface area contributed by atoms with Gasteiger partial charge in [-0.15, -0.1) is 0 Å². The van der Waals surface area contributed by atoms with Crippen LogP contribution in [0.4, 0.5) is 0 Å². The molecule has 0 radical (unpaired) electrons. The van der Waals surface area contributed by atoms with E-state index in [4.69, 9.17) is 16.3 Å². The lowest BCUT2D eigenvalue weighted by Crippen LogP contribution is -2.47. The van der Waals surface area contributed by atoms with Gasteiger partial charge in [0.1, 0.15) is 6.61 Å². The largest absolute Gasteiger partial charge is 0.375 e. The first-order valence-corrected chi connectivity index (χ1v) is 8.96. The van der Waals surface area contributed by atoms with Crippen molar-refractivity contribution in [1.29, 1.82) is 0 Å². The van der Waals surface area contributed by atoms with Crippen LogP contribution in [-0.2, 0) is 19.6 Å². The molecule has 2 heterocycles. The fourth-order valence-corrected chi connectivity index (χ4v) is 5.05. The molecule has 1 aliphatic rings. The van der Waals surface area contributed by atoms with Crippen molar-refractivity contribution in [3.63, 3.8) is 0 Å². The summed E-state index contributed by atoms with van der Waals surface area (Å²) in [6.45, 7) is 0.726. The quantitative estimate of drug-likeness (QED) is 0.842. The maximum atomic E-state index is 12.4. The lowest BCUT2D eigenvalue weighted by atomic mass is 10.1. The number of rotatable bonds is 5. The molecule has 1 fully saturated rings. The summed E-state index contributed by atoms with van der Waals surface area (Å²) in [6.07, 6.45) is 2.41. The third-order valence-corrected chi connectivity index (χ3v) is 6.60. The average molecular weight is 354 g/mol. The van der Waals surface area contributed by atoms with Crippen LogP contribution in [0.3, 0.4) is 0 Å². The maximum Gasteiger partial charge on any atom is 0.254 e. The number of carbonyl (C=O) groups excluding carboxylic acids is 1. The lowest BCUT2D eigenvalue weighted by Gasteiger charge is -2.31. The number of aromatic nitrogens is 1. The second-order valence-corrected chi connectivity index (χ2v) is 8.39. The number of piperidine rings is 1. The summed E-state index contributed by atoms with van der Waals surface area (Å²) in [5.74, 6) is -0.187. The Labute approximate surface area is 132 Å². The molecule has 0 atom stereocenters. The topological polar surface area (TPSA) is 88.6 Å². The Bertz CT molecular complexity index is 596. The second kappa shape index (κ2) is 7.01. The zero-order chi connectivity index (χ0) is 15.5. The van der Waals surface area contributed by atoms with Crippen molar-refractivity contribution >= 4 is 38.9 Å². The number of ether oxygens (including phenoxy) is 1. The van der Waals surface area contributed by atoms with Crippen molar-refractivity contribution in [2.75, 3.05) is 26.8 Å². The van der Waals surface area contributed by atoms with E-state index >= 15 is 0 Å². The zero-order valence-electron chi connectivity index (χ0n) is 11.4.